The zero-order valence-corrected chi connectivity index (χ0v) is 13.2. The third kappa shape index (κ3) is 3.98. The summed E-state index contributed by atoms with van der Waals surface area (Å²) in [6, 6.07) is 10.3. The van der Waals surface area contributed by atoms with E-state index in [1.165, 1.54) is 6.07 Å². The Hall–Kier alpha value is -2.08. The van der Waals surface area contributed by atoms with Gasteiger partial charge in [0.1, 0.15) is 5.75 Å². The quantitative estimate of drug-likeness (QED) is 0.713. The lowest BCUT2D eigenvalue weighted by Crippen LogP contribution is -2.09. The fraction of sp³-hybridized carbons (Fsp3) is 0.125. The second-order valence-corrected chi connectivity index (χ2v) is 5.41. The maximum Gasteiger partial charge on any atom is 0.387 e. The van der Waals surface area contributed by atoms with Crippen molar-refractivity contribution in [2.75, 3.05) is 11.1 Å². The van der Waals surface area contributed by atoms with E-state index in [1.807, 2.05) is 12.1 Å². The lowest BCUT2D eigenvalue weighted by molar-refractivity contribution is -0.0504. The number of rotatable bonds is 6. The van der Waals surface area contributed by atoms with Crippen LogP contribution in [0.15, 0.2) is 47.4 Å². The molecule has 22 heavy (non-hydrogen) atoms. The van der Waals surface area contributed by atoms with Gasteiger partial charge in [0.25, 0.3) is 0 Å². The van der Waals surface area contributed by atoms with Gasteiger partial charge in [-0.25, -0.2) is 0 Å². The summed E-state index contributed by atoms with van der Waals surface area (Å²) in [5.41, 5.74) is 8.47. The van der Waals surface area contributed by atoms with Gasteiger partial charge < -0.3 is 15.8 Å². The number of hydrogen-bond acceptors (Lipinski definition) is 3. The van der Waals surface area contributed by atoms with Crippen molar-refractivity contribution in [3.8, 4) is 5.75 Å². The van der Waals surface area contributed by atoms with E-state index in [0.717, 1.165) is 10.0 Å². The summed E-state index contributed by atoms with van der Waals surface area (Å²) in [4.78, 5) is 0. The zero-order chi connectivity index (χ0) is 16.1. The van der Waals surface area contributed by atoms with Gasteiger partial charge in [0.05, 0.1) is 11.4 Å². The van der Waals surface area contributed by atoms with Gasteiger partial charge in [-0.05, 0) is 29.8 Å². The minimum atomic E-state index is -2.88. The molecule has 0 heterocycles. The van der Waals surface area contributed by atoms with Gasteiger partial charge in [-0.1, -0.05) is 40.7 Å². The minimum absolute atomic E-state index is 0.119. The Labute approximate surface area is 135 Å². The SMILES string of the molecule is C=Cc1cccc(OC(F)F)c1CNc1cc(Br)ccc1N. The number of nitrogens with two attached hydrogens (primary N) is 1. The zero-order valence-electron chi connectivity index (χ0n) is 11.7. The molecule has 3 nitrogen and oxygen atoms in total. The summed E-state index contributed by atoms with van der Waals surface area (Å²) in [7, 11) is 0. The van der Waals surface area contributed by atoms with E-state index in [-0.39, 0.29) is 12.3 Å². The van der Waals surface area contributed by atoms with Crippen molar-refractivity contribution >= 4 is 33.4 Å². The molecule has 0 bridgehead atoms. The molecular weight excluding hydrogens is 354 g/mol. The molecule has 6 heteroatoms. The summed E-state index contributed by atoms with van der Waals surface area (Å²) in [6.45, 7) is 1.10. The molecule has 116 valence electrons. The standard InChI is InChI=1S/C16H15BrF2N2O/c1-2-10-4-3-5-15(22-16(18)19)12(10)9-21-14-8-11(17)6-7-13(14)20/h2-8,16,21H,1,9,20H2. The van der Waals surface area contributed by atoms with Crippen LogP contribution >= 0.6 is 15.9 Å². The molecule has 0 saturated carbocycles. The van der Waals surface area contributed by atoms with Crippen molar-refractivity contribution < 1.29 is 13.5 Å². The van der Waals surface area contributed by atoms with E-state index in [4.69, 9.17) is 5.73 Å². The van der Waals surface area contributed by atoms with E-state index in [0.29, 0.717) is 16.9 Å². The van der Waals surface area contributed by atoms with Crippen LogP contribution in [0.1, 0.15) is 11.1 Å². The average Bonchev–Trinajstić information content (AvgIpc) is 2.48. The van der Waals surface area contributed by atoms with Crippen LogP contribution in [0.5, 0.6) is 5.75 Å². The molecule has 0 unspecified atom stereocenters. The normalized spacial score (nSPS) is 10.5. The number of hydrogen-bond donors (Lipinski definition) is 2. The molecule has 0 aliphatic heterocycles. The fourth-order valence-corrected chi connectivity index (χ4v) is 2.40. The molecule has 0 aliphatic rings. The lowest BCUT2D eigenvalue weighted by atomic mass is 10.1. The smallest absolute Gasteiger partial charge is 0.387 e. The molecule has 2 aromatic rings. The first kappa shape index (κ1) is 16.3. The Morgan fingerprint density at radius 1 is 1.32 bits per heavy atom. The number of nitrogen functional groups attached to an aromatic ring is 1. The van der Waals surface area contributed by atoms with Gasteiger partial charge in [-0.3, -0.25) is 0 Å². The van der Waals surface area contributed by atoms with E-state index >= 15 is 0 Å². The summed E-state index contributed by atoms with van der Waals surface area (Å²) in [6.07, 6.45) is 1.60. The van der Waals surface area contributed by atoms with Gasteiger partial charge >= 0.3 is 6.61 Å². The molecule has 0 aromatic heterocycles. The van der Waals surface area contributed by atoms with Gasteiger partial charge in [-0.15, -0.1) is 0 Å². The molecule has 2 rings (SSSR count). The molecule has 0 saturated heterocycles. The molecule has 0 aliphatic carbocycles. The first-order chi connectivity index (χ1) is 10.5. The van der Waals surface area contributed by atoms with Gasteiger partial charge in [0.2, 0.25) is 0 Å². The number of halogens is 3. The van der Waals surface area contributed by atoms with Crippen molar-refractivity contribution in [1.29, 1.82) is 0 Å². The predicted octanol–water partition coefficient (Wildman–Crippen LogP) is 4.89. The molecule has 0 spiro atoms. The Balaban J connectivity index is 2.27. The third-order valence-corrected chi connectivity index (χ3v) is 3.57. The van der Waals surface area contributed by atoms with Crippen LogP contribution in [-0.4, -0.2) is 6.61 Å². The molecular formula is C16H15BrF2N2O. The molecule has 0 fully saturated rings. The second-order valence-electron chi connectivity index (χ2n) is 4.49. The highest BCUT2D eigenvalue weighted by Crippen LogP contribution is 2.28. The van der Waals surface area contributed by atoms with Crippen LogP contribution in [0.4, 0.5) is 20.2 Å². The van der Waals surface area contributed by atoms with Crippen molar-refractivity contribution in [1.82, 2.24) is 0 Å². The molecule has 0 amide bonds. The van der Waals surface area contributed by atoms with Crippen LogP contribution in [-0.2, 0) is 6.54 Å². The maximum atomic E-state index is 12.5. The number of ether oxygens (including phenoxy) is 1. The summed E-state index contributed by atoms with van der Waals surface area (Å²) < 4.78 is 30.5. The number of nitrogens with one attached hydrogen (secondary N) is 1. The number of anilines is 2. The highest BCUT2D eigenvalue weighted by atomic mass is 79.9. The maximum absolute atomic E-state index is 12.5. The Bertz CT molecular complexity index is 677. The van der Waals surface area contributed by atoms with Crippen LogP contribution in [0, 0.1) is 0 Å². The van der Waals surface area contributed by atoms with Crippen molar-refractivity contribution in [3.05, 3.63) is 58.6 Å². The minimum Gasteiger partial charge on any atom is -0.434 e. The van der Waals surface area contributed by atoms with E-state index in [9.17, 15) is 8.78 Å². The Kier molecular flexibility index (Phi) is 5.38. The van der Waals surface area contributed by atoms with Crippen molar-refractivity contribution in [2.45, 2.75) is 13.2 Å². The van der Waals surface area contributed by atoms with Crippen LogP contribution in [0.25, 0.3) is 6.08 Å². The van der Waals surface area contributed by atoms with Crippen LogP contribution in [0.3, 0.4) is 0 Å². The summed E-state index contributed by atoms with van der Waals surface area (Å²) in [5.74, 6) is 0.119. The van der Waals surface area contributed by atoms with Crippen LogP contribution < -0.4 is 15.8 Å². The second kappa shape index (κ2) is 7.26. The van der Waals surface area contributed by atoms with Gasteiger partial charge in [0.15, 0.2) is 0 Å². The largest absolute Gasteiger partial charge is 0.434 e. The topological polar surface area (TPSA) is 47.3 Å². The number of alkyl halides is 2. The lowest BCUT2D eigenvalue weighted by Gasteiger charge is -2.16. The van der Waals surface area contributed by atoms with Crippen LogP contribution in [0.2, 0.25) is 0 Å². The summed E-state index contributed by atoms with van der Waals surface area (Å²) >= 11 is 3.36. The first-order valence-corrected chi connectivity index (χ1v) is 7.28. The monoisotopic (exact) mass is 368 g/mol. The highest BCUT2D eigenvalue weighted by Gasteiger charge is 2.12. The third-order valence-electron chi connectivity index (χ3n) is 3.08. The average molecular weight is 369 g/mol. The fourth-order valence-electron chi connectivity index (χ4n) is 2.03. The van der Waals surface area contributed by atoms with Crippen molar-refractivity contribution in [2.24, 2.45) is 0 Å². The first-order valence-electron chi connectivity index (χ1n) is 6.49. The Morgan fingerprint density at radius 3 is 2.77 bits per heavy atom. The van der Waals surface area contributed by atoms with Crippen molar-refractivity contribution in [3.63, 3.8) is 0 Å². The molecule has 0 radical (unpaired) electrons. The Morgan fingerprint density at radius 2 is 2.09 bits per heavy atom. The van der Waals surface area contributed by atoms with Gasteiger partial charge in [0, 0.05) is 16.6 Å². The summed E-state index contributed by atoms with van der Waals surface area (Å²) in [5, 5.41) is 3.13. The van der Waals surface area contributed by atoms with Gasteiger partial charge in [-0.2, -0.15) is 8.78 Å². The molecule has 0 atom stereocenters. The predicted molar refractivity (Wildman–Crippen MR) is 89.0 cm³/mol. The highest BCUT2D eigenvalue weighted by molar-refractivity contribution is 9.10. The van der Waals surface area contributed by atoms with E-state index in [1.54, 1.807) is 24.3 Å². The molecule has 2 aromatic carbocycles. The van der Waals surface area contributed by atoms with E-state index < -0.39 is 6.61 Å². The van der Waals surface area contributed by atoms with E-state index in [2.05, 4.69) is 32.6 Å². The number of benzene rings is 2. The molecule has 3 N–H and O–H groups in total.